The summed E-state index contributed by atoms with van der Waals surface area (Å²) < 4.78 is 0. The zero-order valence-electron chi connectivity index (χ0n) is 12.4. The number of nitrogens with zero attached hydrogens (tertiary/aromatic N) is 1. The number of hydrogen-bond acceptors (Lipinski definition) is 2. The van der Waals surface area contributed by atoms with E-state index in [-0.39, 0.29) is 0 Å². The zero-order valence-corrected chi connectivity index (χ0v) is 12.4. The molecule has 2 heteroatoms. The van der Waals surface area contributed by atoms with E-state index in [1.807, 2.05) is 0 Å². The smallest absolute Gasteiger partial charge is 0.137 e. The number of unbranched alkanes of at least 4 members (excludes halogenated alkanes) is 1. The van der Waals surface area contributed by atoms with Gasteiger partial charge in [0.2, 0.25) is 0 Å². The normalized spacial score (nSPS) is 27.8. The monoisotopic (exact) mass is 251 g/mol. The molecule has 0 aliphatic heterocycles. The fourth-order valence-corrected chi connectivity index (χ4v) is 3.22. The fraction of sp³-hybridized carbons (Fsp3) is 0.938. The summed E-state index contributed by atoms with van der Waals surface area (Å²) in [6.07, 6.45) is 8.24. The second-order valence-corrected chi connectivity index (χ2v) is 7.11. The maximum absolute atomic E-state index is 12.1. The highest BCUT2D eigenvalue weighted by atomic mass is 16.1. The van der Waals surface area contributed by atoms with Gasteiger partial charge < -0.3 is 0 Å². The first-order valence-corrected chi connectivity index (χ1v) is 7.78. The van der Waals surface area contributed by atoms with E-state index in [1.165, 1.54) is 32.2 Å². The highest BCUT2D eigenvalue weighted by molar-refractivity contribution is 5.82. The molecule has 2 saturated carbocycles. The van der Waals surface area contributed by atoms with Crippen molar-refractivity contribution >= 4 is 5.78 Å². The first-order valence-electron chi connectivity index (χ1n) is 7.78. The van der Waals surface area contributed by atoms with E-state index in [1.54, 1.807) is 0 Å². The molecule has 0 aromatic heterocycles. The first-order chi connectivity index (χ1) is 8.52. The van der Waals surface area contributed by atoms with Gasteiger partial charge in [-0.1, -0.05) is 27.2 Å². The van der Waals surface area contributed by atoms with Crippen molar-refractivity contribution in [3.63, 3.8) is 0 Å². The summed E-state index contributed by atoms with van der Waals surface area (Å²) in [5.41, 5.74) is 0.374. The van der Waals surface area contributed by atoms with Crippen LogP contribution < -0.4 is 0 Å². The molecule has 0 saturated heterocycles. The molecule has 1 unspecified atom stereocenters. The number of ketones is 1. The maximum atomic E-state index is 12.1. The van der Waals surface area contributed by atoms with Gasteiger partial charge in [-0.2, -0.15) is 0 Å². The number of carbonyl (C=O) groups is 1. The van der Waals surface area contributed by atoms with Crippen LogP contribution in [0.25, 0.3) is 0 Å². The third-order valence-corrected chi connectivity index (χ3v) is 4.62. The van der Waals surface area contributed by atoms with E-state index < -0.39 is 0 Å². The lowest BCUT2D eigenvalue weighted by atomic mass is 9.71. The van der Waals surface area contributed by atoms with E-state index >= 15 is 0 Å². The van der Waals surface area contributed by atoms with Crippen LogP contribution in [0.1, 0.15) is 65.7 Å². The molecular weight excluding hydrogens is 222 g/mol. The first kappa shape index (κ1) is 14.0. The van der Waals surface area contributed by atoms with E-state index in [4.69, 9.17) is 0 Å². The second-order valence-electron chi connectivity index (χ2n) is 7.11. The van der Waals surface area contributed by atoms with Crippen molar-refractivity contribution in [2.45, 2.75) is 71.8 Å². The lowest BCUT2D eigenvalue weighted by Gasteiger charge is -2.37. The molecule has 18 heavy (non-hydrogen) atoms. The highest BCUT2D eigenvalue weighted by Gasteiger charge is 2.37. The number of hydrogen-bond donors (Lipinski definition) is 0. The van der Waals surface area contributed by atoms with Crippen LogP contribution in [0.4, 0.5) is 0 Å². The Bertz CT molecular complexity index is 293. The van der Waals surface area contributed by atoms with Crippen LogP contribution in [0.3, 0.4) is 0 Å². The van der Waals surface area contributed by atoms with E-state index in [9.17, 15) is 4.79 Å². The van der Waals surface area contributed by atoms with Crippen molar-refractivity contribution in [2.75, 3.05) is 13.1 Å². The average molecular weight is 251 g/mol. The predicted molar refractivity (Wildman–Crippen MR) is 75.6 cm³/mol. The number of carbonyl (C=O) groups excluding carboxylic acids is 1. The van der Waals surface area contributed by atoms with Crippen molar-refractivity contribution in [3.8, 4) is 0 Å². The van der Waals surface area contributed by atoms with Crippen molar-refractivity contribution in [1.29, 1.82) is 0 Å². The Morgan fingerprint density at radius 1 is 1.33 bits per heavy atom. The van der Waals surface area contributed by atoms with Crippen LogP contribution in [0.15, 0.2) is 0 Å². The van der Waals surface area contributed by atoms with E-state index in [0.29, 0.717) is 17.1 Å². The third kappa shape index (κ3) is 3.81. The molecule has 0 aromatic carbocycles. The predicted octanol–water partition coefficient (Wildman–Crippen LogP) is 3.65. The number of Topliss-reactive ketones (excluding diaryl/α,β-unsaturated/α-hetero) is 1. The lowest BCUT2D eigenvalue weighted by molar-refractivity contribution is -0.127. The van der Waals surface area contributed by atoms with E-state index in [0.717, 1.165) is 31.8 Å². The summed E-state index contributed by atoms with van der Waals surface area (Å²) in [6.45, 7) is 9.12. The molecule has 2 aliphatic carbocycles. The van der Waals surface area contributed by atoms with Crippen molar-refractivity contribution in [1.82, 2.24) is 4.90 Å². The Morgan fingerprint density at radius 3 is 2.67 bits per heavy atom. The van der Waals surface area contributed by atoms with Crippen LogP contribution in [0.2, 0.25) is 0 Å². The quantitative estimate of drug-likeness (QED) is 0.718. The summed E-state index contributed by atoms with van der Waals surface area (Å²) in [4.78, 5) is 14.7. The van der Waals surface area contributed by atoms with Crippen LogP contribution in [-0.4, -0.2) is 29.8 Å². The average Bonchev–Trinajstić information content (AvgIpc) is 3.12. The molecule has 1 atom stereocenters. The van der Waals surface area contributed by atoms with Gasteiger partial charge in [-0.05, 0) is 44.1 Å². The van der Waals surface area contributed by atoms with Gasteiger partial charge in [0.15, 0.2) is 0 Å². The van der Waals surface area contributed by atoms with Gasteiger partial charge in [-0.3, -0.25) is 9.69 Å². The standard InChI is InChI=1S/C16H29NO/c1-4-5-10-17(14-6-7-14)12-13-11-16(2,3)9-8-15(13)18/h13-14H,4-12H2,1-3H3. The van der Waals surface area contributed by atoms with Gasteiger partial charge >= 0.3 is 0 Å². The maximum Gasteiger partial charge on any atom is 0.137 e. The van der Waals surface area contributed by atoms with Gasteiger partial charge in [0.05, 0.1) is 0 Å². The largest absolute Gasteiger partial charge is 0.300 e. The number of rotatable bonds is 6. The van der Waals surface area contributed by atoms with Gasteiger partial charge in [-0.15, -0.1) is 0 Å². The van der Waals surface area contributed by atoms with Crippen LogP contribution >= 0.6 is 0 Å². The van der Waals surface area contributed by atoms with Gasteiger partial charge in [0, 0.05) is 24.9 Å². The molecule has 0 heterocycles. The summed E-state index contributed by atoms with van der Waals surface area (Å²) >= 11 is 0. The second kappa shape index (κ2) is 5.73. The molecule has 104 valence electrons. The van der Waals surface area contributed by atoms with Gasteiger partial charge in [0.1, 0.15) is 5.78 Å². The summed E-state index contributed by atoms with van der Waals surface area (Å²) in [6, 6.07) is 0.800. The molecule has 2 nitrogen and oxygen atoms in total. The molecule has 0 amide bonds. The minimum absolute atomic E-state index is 0.311. The fourth-order valence-electron chi connectivity index (χ4n) is 3.22. The van der Waals surface area contributed by atoms with Gasteiger partial charge in [0.25, 0.3) is 0 Å². The Balaban J connectivity index is 1.90. The lowest BCUT2D eigenvalue weighted by Crippen LogP contribution is -2.40. The Kier molecular flexibility index (Phi) is 4.47. The SMILES string of the molecule is CCCCN(CC1CC(C)(C)CCC1=O)C1CC1. The van der Waals surface area contributed by atoms with Crippen molar-refractivity contribution in [3.05, 3.63) is 0 Å². The molecule has 2 rings (SSSR count). The molecule has 0 N–H and O–H groups in total. The minimum atomic E-state index is 0.311. The zero-order chi connectivity index (χ0) is 13.2. The summed E-state index contributed by atoms with van der Waals surface area (Å²) in [5, 5.41) is 0. The Hall–Kier alpha value is -0.370. The highest BCUT2D eigenvalue weighted by Crippen LogP contribution is 2.38. The minimum Gasteiger partial charge on any atom is -0.300 e. The molecule has 2 fully saturated rings. The summed E-state index contributed by atoms with van der Waals surface area (Å²) in [7, 11) is 0. The molecule has 0 bridgehead atoms. The van der Waals surface area contributed by atoms with Crippen LogP contribution in [0.5, 0.6) is 0 Å². The van der Waals surface area contributed by atoms with E-state index in [2.05, 4.69) is 25.7 Å². The molecule has 0 spiro atoms. The van der Waals surface area contributed by atoms with Crippen molar-refractivity contribution in [2.24, 2.45) is 11.3 Å². The van der Waals surface area contributed by atoms with Crippen molar-refractivity contribution < 1.29 is 4.79 Å². The molecular formula is C16H29NO. The van der Waals surface area contributed by atoms with Crippen LogP contribution in [0, 0.1) is 11.3 Å². The summed E-state index contributed by atoms with van der Waals surface area (Å²) in [5.74, 6) is 0.836. The third-order valence-electron chi connectivity index (χ3n) is 4.62. The molecule has 0 aromatic rings. The Morgan fingerprint density at radius 2 is 2.06 bits per heavy atom. The molecule has 2 aliphatic rings. The topological polar surface area (TPSA) is 20.3 Å². The Labute approximate surface area is 112 Å². The van der Waals surface area contributed by atoms with Crippen LogP contribution in [-0.2, 0) is 4.79 Å². The molecule has 0 radical (unpaired) electrons. The van der Waals surface area contributed by atoms with Gasteiger partial charge in [-0.25, -0.2) is 0 Å².